The van der Waals surface area contributed by atoms with Crippen molar-refractivity contribution >= 4 is 64.2 Å². The quantitative estimate of drug-likeness (QED) is 0.347. The van der Waals surface area contributed by atoms with Gasteiger partial charge in [0.1, 0.15) is 0 Å². The Morgan fingerprint density at radius 1 is 1.08 bits per heavy atom. The fraction of sp³-hybridized carbons (Fsp3) is 0.316. The van der Waals surface area contributed by atoms with E-state index in [2.05, 4.69) is 5.32 Å². The molecule has 0 aliphatic rings. The summed E-state index contributed by atoms with van der Waals surface area (Å²) in [6.45, 7) is 2.63. The monoisotopic (exact) mass is 447 g/mol. The third-order valence-electron chi connectivity index (χ3n) is 3.61. The summed E-state index contributed by atoms with van der Waals surface area (Å²) >= 11 is 21.5. The first-order valence-electron chi connectivity index (χ1n) is 8.21. The standard InChI is InChI=1S/C19H20Cl3NOS2/c1-2-18(26-14-8-6-13(20)7-9-14)19(24)23-10-11-25-12-15-16(21)4-3-5-17(15)22/h3-9,18H,2,10-12H2,1H3,(H,23,24). The Morgan fingerprint density at radius 3 is 2.35 bits per heavy atom. The average Bonchev–Trinajstić information content (AvgIpc) is 2.63. The Kier molecular flexibility index (Phi) is 9.51. The molecule has 1 unspecified atom stereocenters. The number of carbonyl (C=O) groups is 1. The van der Waals surface area contributed by atoms with Gasteiger partial charge in [0.2, 0.25) is 5.91 Å². The van der Waals surface area contributed by atoms with Crippen LogP contribution in [0.25, 0.3) is 0 Å². The molecule has 1 amide bonds. The minimum atomic E-state index is -0.112. The summed E-state index contributed by atoms with van der Waals surface area (Å²) < 4.78 is 0. The number of hydrogen-bond acceptors (Lipinski definition) is 3. The summed E-state index contributed by atoms with van der Waals surface area (Å²) in [5.74, 6) is 1.59. The van der Waals surface area contributed by atoms with Crippen molar-refractivity contribution in [2.75, 3.05) is 12.3 Å². The number of hydrogen-bond donors (Lipinski definition) is 1. The Labute approximate surface area is 178 Å². The zero-order valence-electron chi connectivity index (χ0n) is 14.3. The van der Waals surface area contributed by atoms with Crippen LogP contribution in [0.15, 0.2) is 47.4 Å². The molecule has 1 N–H and O–H groups in total. The highest BCUT2D eigenvalue weighted by Gasteiger charge is 2.17. The predicted molar refractivity (Wildman–Crippen MR) is 117 cm³/mol. The molecule has 0 saturated heterocycles. The first-order valence-corrected chi connectivity index (χ1v) is 11.4. The molecule has 0 saturated carbocycles. The molecule has 2 aromatic rings. The Bertz CT molecular complexity index is 705. The van der Waals surface area contributed by atoms with Gasteiger partial charge < -0.3 is 5.32 Å². The fourth-order valence-electron chi connectivity index (χ4n) is 2.20. The summed E-state index contributed by atoms with van der Waals surface area (Å²) in [6, 6.07) is 13.1. The highest BCUT2D eigenvalue weighted by atomic mass is 35.5. The van der Waals surface area contributed by atoms with Crippen LogP contribution in [-0.2, 0) is 10.5 Å². The SMILES string of the molecule is CCC(Sc1ccc(Cl)cc1)C(=O)NCCSCc1c(Cl)cccc1Cl. The van der Waals surface area contributed by atoms with Crippen LogP contribution < -0.4 is 5.32 Å². The summed E-state index contributed by atoms with van der Waals surface area (Å²) in [5, 5.41) is 4.95. The topological polar surface area (TPSA) is 29.1 Å². The average molecular weight is 449 g/mol. The molecule has 0 aliphatic carbocycles. The van der Waals surface area contributed by atoms with Crippen LogP contribution in [0.1, 0.15) is 18.9 Å². The second-order valence-electron chi connectivity index (χ2n) is 5.51. The molecule has 26 heavy (non-hydrogen) atoms. The number of nitrogens with one attached hydrogen (secondary N) is 1. The second kappa shape index (κ2) is 11.4. The highest BCUT2D eigenvalue weighted by Crippen LogP contribution is 2.28. The second-order valence-corrected chi connectivity index (χ2v) is 9.14. The lowest BCUT2D eigenvalue weighted by atomic mass is 10.2. The van der Waals surface area contributed by atoms with Crippen LogP contribution in [0.5, 0.6) is 0 Å². The van der Waals surface area contributed by atoms with Crippen molar-refractivity contribution in [3.8, 4) is 0 Å². The Hall–Kier alpha value is -0.520. The minimum absolute atomic E-state index is 0.0591. The lowest BCUT2D eigenvalue weighted by molar-refractivity contribution is -0.120. The maximum Gasteiger partial charge on any atom is 0.233 e. The molecular weight excluding hydrogens is 429 g/mol. The van der Waals surface area contributed by atoms with Gasteiger partial charge in [0.25, 0.3) is 0 Å². The van der Waals surface area contributed by atoms with Gasteiger partial charge in [-0.3, -0.25) is 4.79 Å². The molecule has 2 aromatic carbocycles. The number of thioether (sulfide) groups is 2. The maximum atomic E-state index is 12.4. The molecule has 7 heteroatoms. The highest BCUT2D eigenvalue weighted by molar-refractivity contribution is 8.00. The van der Waals surface area contributed by atoms with E-state index in [1.165, 1.54) is 0 Å². The van der Waals surface area contributed by atoms with Gasteiger partial charge in [-0.15, -0.1) is 11.8 Å². The van der Waals surface area contributed by atoms with Crippen molar-refractivity contribution in [2.45, 2.75) is 29.2 Å². The van der Waals surface area contributed by atoms with E-state index >= 15 is 0 Å². The molecule has 0 fully saturated rings. The Balaban J connectivity index is 1.73. The zero-order chi connectivity index (χ0) is 18.9. The van der Waals surface area contributed by atoms with Gasteiger partial charge in [0.15, 0.2) is 0 Å². The van der Waals surface area contributed by atoms with Crippen LogP contribution in [0.2, 0.25) is 15.1 Å². The van der Waals surface area contributed by atoms with E-state index in [9.17, 15) is 4.79 Å². The summed E-state index contributed by atoms with van der Waals surface area (Å²) in [5.41, 5.74) is 0.942. The smallest absolute Gasteiger partial charge is 0.233 e. The molecule has 0 aromatic heterocycles. The predicted octanol–water partition coefficient (Wildman–Crippen LogP) is 6.57. The molecule has 140 valence electrons. The van der Waals surface area contributed by atoms with E-state index in [1.807, 2.05) is 49.4 Å². The molecule has 0 bridgehead atoms. The number of carbonyl (C=O) groups excluding carboxylic acids is 1. The van der Waals surface area contributed by atoms with Gasteiger partial charge >= 0.3 is 0 Å². The van der Waals surface area contributed by atoms with Crippen molar-refractivity contribution in [3.63, 3.8) is 0 Å². The molecule has 0 heterocycles. The van der Waals surface area contributed by atoms with Gasteiger partial charge in [0.05, 0.1) is 5.25 Å². The summed E-state index contributed by atoms with van der Waals surface area (Å²) in [6.07, 6.45) is 0.765. The molecular formula is C19H20Cl3NOS2. The first-order chi connectivity index (χ1) is 12.5. The molecule has 0 aliphatic heterocycles. The van der Waals surface area contributed by atoms with Crippen LogP contribution in [0.3, 0.4) is 0 Å². The van der Waals surface area contributed by atoms with Crippen molar-refractivity contribution in [1.82, 2.24) is 5.32 Å². The maximum absolute atomic E-state index is 12.4. The fourth-order valence-corrected chi connectivity index (χ4v) is 4.90. The van der Waals surface area contributed by atoms with Gasteiger partial charge in [0, 0.05) is 38.0 Å². The molecule has 0 spiro atoms. The summed E-state index contributed by atoms with van der Waals surface area (Å²) in [7, 11) is 0. The van der Waals surface area contributed by atoms with Crippen LogP contribution >= 0.6 is 58.3 Å². The molecule has 1 atom stereocenters. The molecule has 2 rings (SSSR count). The van der Waals surface area contributed by atoms with E-state index in [0.717, 1.165) is 28.4 Å². The first kappa shape index (κ1) is 21.8. The van der Waals surface area contributed by atoms with Crippen LogP contribution in [0, 0.1) is 0 Å². The van der Waals surface area contributed by atoms with E-state index in [-0.39, 0.29) is 11.2 Å². The van der Waals surface area contributed by atoms with Gasteiger partial charge in [-0.25, -0.2) is 0 Å². The number of benzene rings is 2. The van der Waals surface area contributed by atoms with Crippen molar-refractivity contribution in [1.29, 1.82) is 0 Å². The lowest BCUT2D eigenvalue weighted by Gasteiger charge is -2.15. The number of halogens is 3. The van der Waals surface area contributed by atoms with E-state index in [1.54, 1.807) is 23.5 Å². The number of amides is 1. The Morgan fingerprint density at radius 2 is 1.73 bits per heavy atom. The van der Waals surface area contributed by atoms with Crippen LogP contribution in [-0.4, -0.2) is 23.5 Å². The van der Waals surface area contributed by atoms with Crippen molar-refractivity contribution < 1.29 is 4.79 Å². The number of rotatable bonds is 9. The van der Waals surface area contributed by atoms with Crippen molar-refractivity contribution in [2.24, 2.45) is 0 Å². The third-order valence-corrected chi connectivity index (χ3v) is 6.93. The largest absolute Gasteiger partial charge is 0.354 e. The van der Waals surface area contributed by atoms with Gasteiger partial charge in [-0.2, -0.15) is 11.8 Å². The zero-order valence-corrected chi connectivity index (χ0v) is 18.2. The van der Waals surface area contributed by atoms with Crippen LogP contribution in [0.4, 0.5) is 0 Å². The van der Waals surface area contributed by atoms with E-state index in [4.69, 9.17) is 34.8 Å². The van der Waals surface area contributed by atoms with E-state index < -0.39 is 0 Å². The minimum Gasteiger partial charge on any atom is -0.354 e. The normalized spacial score (nSPS) is 12.0. The third kappa shape index (κ3) is 6.90. The van der Waals surface area contributed by atoms with Gasteiger partial charge in [-0.1, -0.05) is 47.8 Å². The van der Waals surface area contributed by atoms with Gasteiger partial charge in [-0.05, 0) is 48.4 Å². The molecule has 2 nitrogen and oxygen atoms in total. The molecule has 0 radical (unpaired) electrons. The van der Waals surface area contributed by atoms with E-state index in [0.29, 0.717) is 21.6 Å². The summed E-state index contributed by atoms with van der Waals surface area (Å²) in [4.78, 5) is 13.4. The van der Waals surface area contributed by atoms with Crippen molar-refractivity contribution in [3.05, 3.63) is 63.1 Å². The lowest BCUT2D eigenvalue weighted by Crippen LogP contribution is -2.33.